The van der Waals surface area contributed by atoms with Crippen molar-refractivity contribution in [3.05, 3.63) is 58.7 Å². The molecule has 0 aliphatic heterocycles. The van der Waals surface area contributed by atoms with Crippen LogP contribution in [0.25, 0.3) is 0 Å². The third kappa shape index (κ3) is 4.41. The van der Waals surface area contributed by atoms with Crippen molar-refractivity contribution in [1.82, 2.24) is 9.97 Å². The summed E-state index contributed by atoms with van der Waals surface area (Å²) in [6.45, 7) is 4.01. The van der Waals surface area contributed by atoms with Crippen molar-refractivity contribution in [3.8, 4) is 11.5 Å². The number of halogens is 1. The van der Waals surface area contributed by atoms with Crippen LogP contribution in [0.4, 0.5) is 23.1 Å². The van der Waals surface area contributed by atoms with Gasteiger partial charge < -0.3 is 20.1 Å². The first kappa shape index (κ1) is 18.8. The lowest BCUT2D eigenvalue weighted by molar-refractivity contribution is 0.405. The zero-order chi connectivity index (χ0) is 19.4. The van der Waals surface area contributed by atoms with Gasteiger partial charge in [0.05, 0.1) is 30.6 Å². The van der Waals surface area contributed by atoms with E-state index in [4.69, 9.17) is 21.1 Å². The predicted octanol–water partition coefficient (Wildman–Crippen LogP) is 5.25. The van der Waals surface area contributed by atoms with Crippen molar-refractivity contribution in [2.75, 3.05) is 24.9 Å². The molecule has 0 amide bonds. The molecule has 0 aliphatic rings. The van der Waals surface area contributed by atoms with Crippen LogP contribution in [-0.4, -0.2) is 24.2 Å². The van der Waals surface area contributed by atoms with Gasteiger partial charge in [0.1, 0.15) is 17.3 Å². The number of nitrogens with one attached hydrogen (secondary N) is 2. The number of methoxy groups -OCH3 is 2. The molecule has 7 heteroatoms. The fraction of sp³-hybridized carbons (Fsp3) is 0.200. The lowest BCUT2D eigenvalue weighted by Gasteiger charge is -2.14. The molecular formula is C20H21ClN4O2. The van der Waals surface area contributed by atoms with Crippen molar-refractivity contribution in [1.29, 1.82) is 0 Å². The second-order valence-corrected chi connectivity index (χ2v) is 6.43. The fourth-order valence-electron chi connectivity index (χ4n) is 2.72. The molecule has 1 aromatic heterocycles. The van der Waals surface area contributed by atoms with Gasteiger partial charge in [0.2, 0.25) is 5.95 Å². The minimum absolute atomic E-state index is 0.424. The summed E-state index contributed by atoms with van der Waals surface area (Å²) in [6.07, 6.45) is 1.67. The monoisotopic (exact) mass is 384 g/mol. The molecule has 0 aliphatic carbocycles. The first-order valence-corrected chi connectivity index (χ1v) is 8.74. The summed E-state index contributed by atoms with van der Waals surface area (Å²) >= 11 is 6.38. The Labute approximate surface area is 163 Å². The first-order chi connectivity index (χ1) is 13.0. The number of hydrogen-bond donors (Lipinski definition) is 2. The maximum Gasteiger partial charge on any atom is 0.229 e. The molecule has 2 aromatic carbocycles. The summed E-state index contributed by atoms with van der Waals surface area (Å²) in [4.78, 5) is 8.79. The van der Waals surface area contributed by atoms with Gasteiger partial charge in [-0.15, -0.1) is 0 Å². The summed E-state index contributed by atoms with van der Waals surface area (Å²) in [7, 11) is 3.22. The van der Waals surface area contributed by atoms with Crippen molar-refractivity contribution < 1.29 is 9.47 Å². The summed E-state index contributed by atoms with van der Waals surface area (Å²) in [5.41, 5.74) is 3.69. The summed E-state index contributed by atoms with van der Waals surface area (Å²) < 4.78 is 10.6. The standard InChI is InChI=1S/C20H21ClN4O2/c1-12-9-13(2)19(15(21)10-12)24-18-7-8-22-20(25-18)23-16-11-14(26-3)5-6-17(16)27-4/h5-11H,1-4H3,(H2,22,23,24,25). The Morgan fingerprint density at radius 1 is 0.963 bits per heavy atom. The molecule has 1 heterocycles. The maximum atomic E-state index is 6.38. The first-order valence-electron chi connectivity index (χ1n) is 8.36. The Kier molecular flexibility index (Phi) is 5.66. The van der Waals surface area contributed by atoms with Gasteiger partial charge in [-0.25, -0.2) is 4.98 Å². The van der Waals surface area contributed by atoms with E-state index in [-0.39, 0.29) is 0 Å². The molecule has 3 aromatic rings. The highest BCUT2D eigenvalue weighted by atomic mass is 35.5. The number of anilines is 4. The van der Waals surface area contributed by atoms with Crippen LogP contribution >= 0.6 is 11.6 Å². The van der Waals surface area contributed by atoms with Crippen LogP contribution in [0.5, 0.6) is 11.5 Å². The molecule has 0 spiro atoms. The summed E-state index contributed by atoms with van der Waals surface area (Å²) in [5.74, 6) is 2.42. The molecule has 2 N–H and O–H groups in total. The van der Waals surface area contributed by atoms with Crippen molar-refractivity contribution in [3.63, 3.8) is 0 Å². The molecule has 0 saturated heterocycles. The van der Waals surface area contributed by atoms with Crippen LogP contribution in [0.2, 0.25) is 5.02 Å². The van der Waals surface area contributed by atoms with Gasteiger partial charge in [-0.3, -0.25) is 0 Å². The van der Waals surface area contributed by atoms with Gasteiger partial charge in [-0.2, -0.15) is 4.98 Å². The summed E-state index contributed by atoms with van der Waals surface area (Å²) in [5, 5.41) is 7.08. The SMILES string of the molecule is COc1ccc(OC)c(Nc2nccc(Nc3c(C)cc(C)cc3Cl)n2)c1. The van der Waals surface area contributed by atoms with Crippen molar-refractivity contribution in [2.45, 2.75) is 13.8 Å². The quantitative estimate of drug-likeness (QED) is 0.604. The van der Waals surface area contributed by atoms with E-state index in [0.29, 0.717) is 34.0 Å². The fourth-order valence-corrected chi connectivity index (χ4v) is 3.09. The van der Waals surface area contributed by atoms with Crippen LogP contribution in [0.15, 0.2) is 42.6 Å². The molecule has 0 fully saturated rings. The van der Waals surface area contributed by atoms with E-state index in [2.05, 4.69) is 26.7 Å². The maximum absolute atomic E-state index is 6.38. The van der Waals surface area contributed by atoms with E-state index >= 15 is 0 Å². The number of hydrogen-bond acceptors (Lipinski definition) is 6. The van der Waals surface area contributed by atoms with Gasteiger partial charge in [0.15, 0.2) is 0 Å². The van der Waals surface area contributed by atoms with Gasteiger partial charge in [0.25, 0.3) is 0 Å². The lowest BCUT2D eigenvalue weighted by Crippen LogP contribution is -2.03. The Bertz CT molecular complexity index is 939. The Balaban J connectivity index is 1.87. The van der Waals surface area contributed by atoms with Crippen LogP contribution in [0.1, 0.15) is 11.1 Å². The highest BCUT2D eigenvalue weighted by Gasteiger charge is 2.10. The second-order valence-electron chi connectivity index (χ2n) is 6.02. The number of rotatable bonds is 6. The molecule has 3 rings (SSSR count). The molecule has 140 valence electrons. The molecule has 0 atom stereocenters. The number of ether oxygens (including phenoxy) is 2. The highest BCUT2D eigenvalue weighted by Crippen LogP contribution is 2.32. The third-order valence-corrected chi connectivity index (χ3v) is 4.29. The van der Waals surface area contributed by atoms with Gasteiger partial charge in [-0.05, 0) is 49.2 Å². The average molecular weight is 385 g/mol. The van der Waals surface area contributed by atoms with E-state index < -0.39 is 0 Å². The minimum Gasteiger partial charge on any atom is -0.497 e. The smallest absolute Gasteiger partial charge is 0.229 e. The van der Waals surface area contributed by atoms with E-state index in [0.717, 1.165) is 16.8 Å². The third-order valence-electron chi connectivity index (χ3n) is 3.99. The normalized spacial score (nSPS) is 10.4. The highest BCUT2D eigenvalue weighted by molar-refractivity contribution is 6.33. The zero-order valence-corrected chi connectivity index (χ0v) is 16.4. The molecule has 6 nitrogen and oxygen atoms in total. The number of aryl methyl sites for hydroxylation is 2. The zero-order valence-electron chi connectivity index (χ0n) is 15.6. The largest absolute Gasteiger partial charge is 0.497 e. The van der Waals surface area contributed by atoms with E-state index in [1.54, 1.807) is 26.5 Å². The van der Waals surface area contributed by atoms with Crippen LogP contribution < -0.4 is 20.1 Å². The van der Waals surface area contributed by atoms with Crippen molar-refractivity contribution >= 4 is 34.7 Å². The van der Waals surface area contributed by atoms with Gasteiger partial charge in [0, 0.05) is 12.3 Å². The number of aromatic nitrogens is 2. The van der Waals surface area contributed by atoms with E-state index in [1.165, 1.54) is 0 Å². The minimum atomic E-state index is 0.424. The number of benzene rings is 2. The Morgan fingerprint density at radius 2 is 1.78 bits per heavy atom. The lowest BCUT2D eigenvalue weighted by atomic mass is 10.1. The molecule has 0 bridgehead atoms. The Morgan fingerprint density at radius 3 is 2.48 bits per heavy atom. The van der Waals surface area contributed by atoms with Crippen molar-refractivity contribution in [2.24, 2.45) is 0 Å². The van der Waals surface area contributed by atoms with Gasteiger partial charge in [-0.1, -0.05) is 17.7 Å². The molecule has 0 unspecified atom stereocenters. The topological polar surface area (TPSA) is 68.3 Å². The predicted molar refractivity (Wildman–Crippen MR) is 109 cm³/mol. The van der Waals surface area contributed by atoms with E-state index in [9.17, 15) is 0 Å². The van der Waals surface area contributed by atoms with Crippen LogP contribution in [-0.2, 0) is 0 Å². The van der Waals surface area contributed by atoms with Crippen LogP contribution in [0.3, 0.4) is 0 Å². The number of nitrogens with zero attached hydrogens (tertiary/aromatic N) is 2. The molecule has 0 radical (unpaired) electrons. The molecule has 0 saturated carbocycles. The van der Waals surface area contributed by atoms with Gasteiger partial charge >= 0.3 is 0 Å². The van der Waals surface area contributed by atoms with E-state index in [1.807, 2.05) is 38.1 Å². The molecular weight excluding hydrogens is 364 g/mol. The average Bonchev–Trinajstić information content (AvgIpc) is 2.65. The van der Waals surface area contributed by atoms with Crippen LogP contribution in [0, 0.1) is 13.8 Å². The Hall–Kier alpha value is -2.99. The summed E-state index contributed by atoms with van der Waals surface area (Å²) in [6, 6.07) is 11.2. The second kappa shape index (κ2) is 8.14. The molecule has 27 heavy (non-hydrogen) atoms.